The number of nitrogens with zero attached hydrogens (tertiary/aromatic N) is 5. The number of methoxy groups -OCH3 is 1. The molecule has 2 aromatic heterocycles. The zero-order chi connectivity index (χ0) is 21.3. The largest absolute Gasteiger partial charge is 0.480 e. The lowest BCUT2D eigenvalue weighted by atomic mass is 10.0. The summed E-state index contributed by atoms with van der Waals surface area (Å²) < 4.78 is 13.3. The van der Waals surface area contributed by atoms with E-state index < -0.39 is 0 Å². The van der Waals surface area contributed by atoms with E-state index in [1.807, 2.05) is 35.9 Å². The molecular formula is C21H30N6O3. The fraction of sp³-hybridized carbons (Fsp3) is 0.571. The maximum Gasteiger partial charge on any atom is 0.317 e. The molecule has 2 aliphatic heterocycles. The highest BCUT2D eigenvalue weighted by molar-refractivity contribution is 5.75. The number of hydrogen-bond acceptors (Lipinski definition) is 6. The Labute approximate surface area is 177 Å². The van der Waals surface area contributed by atoms with Gasteiger partial charge in [-0.3, -0.25) is 4.68 Å². The SMILES string of the molecule is CNC(=O)N1CCc2c(c(N(C)c3ccc(C)nc3OC)nn2C2CCOCC2)C1. The third kappa shape index (κ3) is 3.69. The van der Waals surface area contributed by atoms with Crippen LogP contribution in [0.1, 0.15) is 35.8 Å². The van der Waals surface area contributed by atoms with Crippen molar-refractivity contribution in [3.63, 3.8) is 0 Å². The molecular weight excluding hydrogens is 384 g/mol. The number of nitrogens with one attached hydrogen (secondary N) is 1. The number of fused-ring (bicyclic) bond motifs is 1. The Balaban J connectivity index is 1.77. The second kappa shape index (κ2) is 8.51. The molecule has 30 heavy (non-hydrogen) atoms. The van der Waals surface area contributed by atoms with E-state index in [1.54, 1.807) is 14.2 Å². The third-order valence-electron chi connectivity index (χ3n) is 5.95. The summed E-state index contributed by atoms with van der Waals surface area (Å²) in [4.78, 5) is 20.7. The van der Waals surface area contributed by atoms with Gasteiger partial charge in [0.1, 0.15) is 5.69 Å². The normalized spacial score (nSPS) is 16.9. The van der Waals surface area contributed by atoms with Crippen molar-refractivity contribution in [1.82, 2.24) is 25.0 Å². The molecule has 0 atom stereocenters. The van der Waals surface area contributed by atoms with Crippen LogP contribution in [0, 0.1) is 6.92 Å². The van der Waals surface area contributed by atoms with Gasteiger partial charge >= 0.3 is 6.03 Å². The van der Waals surface area contributed by atoms with Crippen molar-refractivity contribution in [3.05, 3.63) is 29.1 Å². The van der Waals surface area contributed by atoms with E-state index in [2.05, 4.69) is 15.0 Å². The van der Waals surface area contributed by atoms with Crippen LogP contribution in [-0.2, 0) is 17.7 Å². The standard InChI is InChI=1S/C21H30N6O3/c1-14-5-6-18(20(23-14)29-4)25(3)19-16-13-26(21(28)22-2)10-7-17(16)27(24-19)15-8-11-30-12-9-15/h5-6,15H,7-13H2,1-4H3,(H,22,28). The van der Waals surface area contributed by atoms with Gasteiger partial charge in [0, 0.05) is 57.2 Å². The van der Waals surface area contributed by atoms with Gasteiger partial charge in [-0.1, -0.05) is 0 Å². The molecule has 2 aromatic rings. The van der Waals surface area contributed by atoms with Crippen molar-refractivity contribution in [2.24, 2.45) is 0 Å². The maximum absolute atomic E-state index is 12.3. The highest BCUT2D eigenvalue weighted by atomic mass is 16.5. The van der Waals surface area contributed by atoms with Crippen LogP contribution in [0.3, 0.4) is 0 Å². The van der Waals surface area contributed by atoms with Crippen LogP contribution in [-0.4, -0.2) is 66.7 Å². The molecule has 4 heterocycles. The molecule has 0 bridgehead atoms. The lowest BCUT2D eigenvalue weighted by Gasteiger charge is -2.30. The number of pyridine rings is 1. The van der Waals surface area contributed by atoms with Crippen LogP contribution in [0.5, 0.6) is 5.88 Å². The first-order valence-electron chi connectivity index (χ1n) is 10.4. The smallest absolute Gasteiger partial charge is 0.317 e. The summed E-state index contributed by atoms with van der Waals surface area (Å²) in [7, 11) is 5.27. The van der Waals surface area contributed by atoms with Gasteiger partial charge in [-0.2, -0.15) is 5.10 Å². The third-order valence-corrected chi connectivity index (χ3v) is 5.95. The van der Waals surface area contributed by atoms with Crippen molar-refractivity contribution in [1.29, 1.82) is 0 Å². The number of aryl methyl sites for hydroxylation is 1. The van der Waals surface area contributed by atoms with E-state index in [0.717, 1.165) is 55.2 Å². The molecule has 1 saturated heterocycles. The quantitative estimate of drug-likeness (QED) is 0.827. The Morgan fingerprint density at radius 1 is 1.33 bits per heavy atom. The number of ether oxygens (including phenoxy) is 2. The zero-order valence-corrected chi connectivity index (χ0v) is 18.1. The Morgan fingerprint density at radius 3 is 2.80 bits per heavy atom. The van der Waals surface area contributed by atoms with Gasteiger partial charge in [-0.05, 0) is 31.9 Å². The van der Waals surface area contributed by atoms with E-state index in [1.165, 1.54) is 5.69 Å². The molecule has 2 aliphatic rings. The summed E-state index contributed by atoms with van der Waals surface area (Å²) in [6.45, 7) is 4.66. The number of hydrogen-bond donors (Lipinski definition) is 1. The monoisotopic (exact) mass is 414 g/mol. The van der Waals surface area contributed by atoms with E-state index >= 15 is 0 Å². The molecule has 1 N–H and O–H groups in total. The minimum atomic E-state index is -0.0670. The Hall–Kier alpha value is -2.81. The summed E-state index contributed by atoms with van der Waals surface area (Å²) in [6, 6.07) is 4.22. The van der Waals surface area contributed by atoms with Crippen molar-refractivity contribution in [2.75, 3.05) is 45.9 Å². The summed E-state index contributed by atoms with van der Waals surface area (Å²) >= 11 is 0. The molecule has 1 fully saturated rings. The fourth-order valence-corrected chi connectivity index (χ4v) is 4.31. The number of carbonyl (C=O) groups is 1. The Kier molecular flexibility index (Phi) is 5.80. The molecule has 0 spiro atoms. The van der Waals surface area contributed by atoms with Crippen molar-refractivity contribution in [2.45, 2.75) is 38.8 Å². The van der Waals surface area contributed by atoms with Crippen LogP contribution in [0.2, 0.25) is 0 Å². The Bertz CT molecular complexity index is 922. The maximum atomic E-state index is 12.3. The first-order chi connectivity index (χ1) is 14.5. The van der Waals surface area contributed by atoms with Crippen LogP contribution in [0.15, 0.2) is 12.1 Å². The van der Waals surface area contributed by atoms with E-state index in [-0.39, 0.29) is 6.03 Å². The summed E-state index contributed by atoms with van der Waals surface area (Å²) in [5.74, 6) is 1.40. The van der Waals surface area contributed by atoms with Crippen molar-refractivity contribution >= 4 is 17.5 Å². The Morgan fingerprint density at radius 2 is 2.10 bits per heavy atom. The number of urea groups is 1. The van der Waals surface area contributed by atoms with Gasteiger partial charge in [0.15, 0.2) is 5.82 Å². The highest BCUT2D eigenvalue weighted by Crippen LogP contribution is 2.37. The number of anilines is 2. The topological polar surface area (TPSA) is 84.8 Å². The van der Waals surface area contributed by atoms with Gasteiger partial charge in [0.2, 0.25) is 5.88 Å². The molecule has 4 rings (SSSR count). The van der Waals surface area contributed by atoms with Crippen LogP contribution in [0.25, 0.3) is 0 Å². The van der Waals surface area contributed by atoms with Crippen LogP contribution < -0.4 is 15.0 Å². The summed E-state index contributed by atoms with van der Waals surface area (Å²) in [6.07, 6.45) is 2.68. The lowest BCUT2D eigenvalue weighted by molar-refractivity contribution is 0.0651. The number of amides is 2. The molecule has 0 aromatic carbocycles. The molecule has 0 unspecified atom stereocenters. The summed E-state index contributed by atoms with van der Waals surface area (Å²) in [5, 5.41) is 7.79. The van der Waals surface area contributed by atoms with Crippen molar-refractivity contribution in [3.8, 4) is 5.88 Å². The molecule has 9 heteroatoms. The van der Waals surface area contributed by atoms with Crippen molar-refractivity contribution < 1.29 is 14.3 Å². The molecule has 0 aliphatic carbocycles. The van der Waals surface area contributed by atoms with E-state index in [0.29, 0.717) is 25.0 Å². The van der Waals surface area contributed by atoms with E-state index in [9.17, 15) is 4.79 Å². The fourth-order valence-electron chi connectivity index (χ4n) is 4.31. The molecule has 162 valence electrons. The lowest BCUT2D eigenvalue weighted by Crippen LogP contribution is -2.41. The second-order valence-electron chi connectivity index (χ2n) is 7.80. The van der Waals surface area contributed by atoms with Crippen LogP contribution >= 0.6 is 0 Å². The second-order valence-corrected chi connectivity index (χ2v) is 7.80. The number of rotatable bonds is 4. The predicted octanol–water partition coefficient (Wildman–Crippen LogP) is 2.41. The van der Waals surface area contributed by atoms with Crippen LogP contribution in [0.4, 0.5) is 16.3 Å². The van der Waals surface area contributed by atoms with Gasteiger partial charge in [0.05, 0.1) is 19.7 Å². The number of aromatic nitrogens is 3. The van der Waals surface area contributed by atoms with E-state index in [4.69, 9.17) is 14.6 Å². The average Bonchev–Trinajstić information content (AvgIpc) is 3.17. The molecule has 9 nitrogen and oxygen atoms in total. The molecule has 0 saturated carbocycles. The van der Waals surface area contributed by atoms with Gasteiger partial charge in [-0.15, -0.1) is 0 Å². The first-order valence-corrected chi connectivity index (χ1v) is 10.4. The molecule has 2 amide bonds. The minimum Gasteiger partial charge on any atom is -0.480 e. The van der Waals surface area contributed by atoms with Gasteiger partial charge in [0.25, 0.3) is 0 Å². The van der Waals surface area contributed by atoms with Gasteiger partial charge < -0.3 is 24.6 Å². The summed E-state index contributed by atoms with van der Waals surface area (Å²) in [5.41, 5.74) is 4.04. The minimum absolute atomic E-state index is 0.0670. The first kappa shape index (κ1) is 20.5. The predicted molar refractivity (Wildman–Crippen MR) is 113 cm³/mol. The number of carbonyl (C=O) groups excluding carboxylic acids is 1. The highest BCUT2D eigenvalue weighted by Gasteiger charge is 2.32. The molecule has 0 radical (unpaired) electrons. The average molecular weight is 415 g/mol. The zero-order valence-electron chi connectivity index (χ0n) is 18.1. The van der Waals surface area contributed by atoms with Gasteiger partial charge in [-0.25, -0.2) is 9.78 Å².